The Labute approximate surface area is 158 Å². The van der Waals surface area contributed by atoms with E-state index >= 15 is 0 Å². The van der Waals surface area contributed by atoms with Crippen LogP contribution < -0.4 is 10.6 Å². The Morgan fingerprint density at radius 3 is 2.46 bits per heavy atom. The van der Waals surface area contributed by atoms with Crippen LogP contribution in [0.5, 0.6) is 0 Å². The van der Waals surface area contributed by atoms with E-state index in [2.05, 4.69) is 34.7 Å². The highest BCUT2D eigenvalue weighted by molar-refractivity contribution is 6.30. The molecule has 5 heteroatoms. The van der Waals surface area contributed by atoms with Crippen molar-refractivity contribution in [1.82, 2.24) is 10.3 Å². The fourth-order valence-corrected chi connectivity index (χ4v) is 2.64. The van der Waals surface area contributed by atoms with Crippen molar-refractivity contribution in [3.05, 3.63) is 94.1 Å². The largest absolute Gasteiger partial charge is 0.366 e. The summed E-state index contributed by atoms with van der Waals surface area (Å²) in [6.45, 7) is 3.23. The molecule has 2 N–H and O–H groups in total. The molecule has 1 heterocycles. The monoisotopic (exact) mass is 365 g/mol. The second-order valence-corrected chi connectivity index (χ2v) is 6.46. The molecule has 1 amide bonds. The number of carbonyl (C=O) groups is 1. The number of hydrogen-bond acceptors (Lipinski definition) is 3. The zero-order chi connectivity index (χ0) is 18.4. The highest BCUT2D eigenvalue weighted by atomic mass is 35.5. The molecule has 0 saturated heterocycles. The Bertz CT molecular complexity index is 877. The van der Waals surface area contributed by atoms with Crippen LogP contribution in [0.15, 0.2) is 66.9 Å². The van der Waals surface area contributed by atoms with Gasteiger partial charge in [0.1, 0.15) is 5.82 Å². The number of benzene rings is 2. The third-order valence-corrected chi connectivity index (χ3v) is 4.37. The van der Waals surface area contributed by atoms with Gasteiger partial charge in [0.25, 0.3) is 5.91 Å². The zero-order valence-electron chi connectivity index (χ0n) is 14.5. The van der Waals surface area contributed by atoms with Crippen molar-refractivity contribution in [2.45, 2.75) is 20.0 Å². The van der Waals surface area contributed by atoms with E-state index in [-0.39, 0.29) is 5.91 Å². The molecule has 0 aliphatic carbocycles. The minimum Gasteiger partial charge on any atom is -0.366 e. The third kappa shape index (κ3) is 4.83. The van der Waals surface area contributed by atoms with E-state index in [1.807, 2.05) is 30.3 Å². The number of aromatic nitrogens is 1. The van der Waals surface area contributed by atoms with Gasteiger partial charge in [0, 0.05) is 24.3 Å². The van der Waals surface area contributed by atoms with E-state index in [0.717, 1.165) is 11.4 Å². The minimum absolute atomic E-state index is 0.155. The molecule has 26 heavy (non-hydrogen) atoms. The molecule has 3 rings (SSSR count). The first kappa shape index (κ1) is 18.0. The summed E-state index contributed by atoms with van der Waals surface area (Å²) in [4.78, 5) is 16.5. The van der Waals surface area contributed by atoms with Gasteiger partial charge in [-0.1, -0.05) is 48.0 Å². The smallest absolute Gasteiger partial charge is 0.253 e. The van der Waals surface area contributed by atoms with E-state index in [1.165, 1.54) is 11.1 Å². The van der Waals surface area contributed by atoms with Crippen LogP contribution in [0.2, 0.25) is 5.02 Å². The van der Waals surface area contributed by atoms with Crippen molar-refractivity contribution in [1.29, 1.82) is 0 Å². The number of rotatable bonds is 6. The third-order valence-electron chi connectivity index (χ3n) is 4.11. The van der Waals surface area contributed by atoms with Crippen molar-refractivity contribution in [3.8, 4) is 0 Å². The van der Waals surface area contributed by atoms with Gasteiger partial charge in [-0.25, -0.2) is 4.98 Å². The molecular formula is C21H20ClN3O. The molecule has 132 valence electrons. The van der Waals surface area contributed by atoms with E-state index in [1.54, 1.807) is 24.4 Å². The van der Waals surface area contributed by atoms with Gasteiger partial charge in [-0.3, -0.25) is 4.79 Å². The second kappa shape index (κ2) is 8.50. The first-order valence-electron chi connectivity index (χ1n) is 8.39. The van der Waals surface area contributed by atoms with Crippen molar-refractivity contribution in [3.63, 3.8) is 0 Å². The molecule has 3 aromatic rings. The number of anilines is 1. The van der Waals surface area contributed by atoms with Crippen molar-refractivity contribution >= 4 is 23.3 Å². The lowest BCUT2D eigenvalue weighted by Gasteiger charge is -2.09. The summed E-state index contributed by atoms with van der Waals surface area (Å²) in [7, 11) is 0. The summed E-state index contributed by atoms with van der Waals surface area (Å²) in [6.07, 6.45) is 1.58. The number of aryl methyl sites for hydroxylation is 1. The van der Waals surface area contributed by atoms with Crippen LogP contribution >= 0.6 is 11.6 Å². The van der Waals surface area contributed by atoms with Crippen LogP contribution in [0.25, 0.3) is 0 Å². The van der Waals surface area contributed by atoms with Gasteiger partial charge in [0.15, 0.2) is 0 Å². The van der Waals surface area contributed by atoms with Gasteiger partial charge in [-0.2, -0.15) is 0 Å². The normalized spacial score (nSPS) is 10.4. The van der Waals surface area contributed by atoms with Gasteiger partial charge in [0.05, 0.1) is 5.56 Å². The van der Waals surface area contributed by atoms with E-state index in [9.17, 15) is 4.79 Å². The number of pyridine rings is 1. The molecule has 0 unspecified atom stereocenters. The molecule has 0 radical (unpaired) electrons. The molecule has 0 fully saturated rings. The van der Waals surface area contributed by atoms with E-state index in [4.69, 9.17) is 11.6 Å². The average molecular weight is 366 g/mol. The van der Waals surface area contributed by atoms with Crippen molar-refractivity contribution in [2.75, 3.05) is 5.32 Å². The predicted octanol–water partition coefficient (Wildman–Crippen LogP) is 4.59. The van der Waals surface area contributed by atoms with Gasteiger partial charge < -0.3 is 10.6 Å². The first-order chi connectivity index (χ1) is 12.6. The van der Waals surface area contributed by atoms with Gasteiger partial charge >= 0.3 is 0 Å². The van der Waals surface area contributed by atoms with E-state index in [0.29, 0.717) is 23.7 Å². The van der Waals surface area contributed by atoms with Gasteiger partial charge in [0.2, 0.25) is 0 Å². The molecule has 0 bridgehead atoms. The lowest BCUT2D eigenvalue weighted by Crippen LogP contribution is -2.22. The van der Waals surface area contributed by atoms with Crippen LogP contribution in [-0.4, -0.2) is 10.9 Å². The molecule has 1 aromatic heterocycles. The van der Waals surface area contributed by atoms with Crippen LogP contribution in [0.1, 0.15) is 27.0 Å². The Hall–Kier alpha value is -2.85. The molecular weight excluding hydrogens is 346 g/mol. The van der Waals surface area contributed by atoms with E-state index < -0.39 is 0 Å². The number of nitrogens with one attached hydrogen (secondary N) is 2. The summed E-state index contributed by atoms with van der Waals surface area (Å²) in [5.74, 6) is 0.584. The number of carbonyl (C=O) groups excluding carboxylic acids is 1. The Morgan fingerprint density at radius 1 is 1.00 bits per heavy atom. The van der Waals surface area contributed by atoms with Crippen LogP contribution in [-0.2, 0) is 13.1 Å². The second-order valence-electron chi connectivity index (χ2n) is 6.02. The fourth-order valence-electron chi connectivity index (χ4n) is 2.51. The summed E-state index contributed by atoms with van der Waals surface area (Å²) in [5, 5.41) is 6.83. The standard InChI is InChI=1S/C21H20ClN3O/c1-15-4-2-3-5-17(15)13-23-20-11-8-18(14-24-20)21(26)25-12-16-6-9-19(22)10-7-16/h2-11,14H,12-13H2,1H3,(H,23,24)(H,25,26). The molecule has 0 aliphatic heterocycles. The maximum atomic E-state index is 12.2. The van der Waals surface area contributed by atoms with Gasteiger partial charge in [-0.15, -0.1) is 0 Å². The maximum Gasteiger partial charge on any atom is 0.253 e. The average Bonchev–Trinajstić information content (AvgIpc) is 2.67. The topological polar surface area (TPSA) is 54.0 Å². The predicted molar refractivity (Wildman–Crippen MR) is 105 cm³/mol. The maximum absolute atomic E-state index is 12.2. The van der Waals surface area contributed by atoms with Crippen LogP contribution in [0.4, 0.5) is 5.82 Å². The Kier molecular flexibility index (Phi) is 5.87. The number of hydrogen-bond donors (Lipinski definition) is 2. The SMILES string of the molecule is Cc1ccccc1CNc1ccc(C(=O)NCc2ccc(Cl)cc2)cn1. The summed E-state index contributed by atoms with van der Waals surface area (Å²) >= 11 is 5.86. The zero-order valence-corrected chi connectivity index (χ0v) is 15.3. The quantitative estimate of drug-likeness (QED) is 0.672. The number of amides is 1. The van der Waals surface area contributed by atoms with Gasteiger partial charge in [-0.05, 0) is 47.9 Å². The molecule has 0 spiro atoms. The molecule has 0 aliphatic rings. The van der Waals surface area contributed by atoms with Crippen LogP contribution in [0, 0.1) is 6.92 Å². The lowest BCUT2D eigenvalue weighted by atomic mass is 10.1. The van der Waals surface area contributed by atoms with Crippen molar-refractivity contribution in [2.24, 2.45) is 0 Å². The Morgan fingerprint density at radius 2 is 1.77 bits per heavy atom. The first-order valence-corrected chi connectivity index (χ1v) is 8.77. The molecule has 4 nitrogen and oxygen atoms in total. The summed E-state index contributed by atoms with van der Waals surface area (Å²) in [5.41, 5.74) is 3.98. The van der Waals surface area contributed by atoms with Crippen LogP contribution in [0.3, 0.4) is 0 Å². The molecule has 0 saturated carbocycles. The Balaban J connectivity index is 1.54. The number of halogens is 1. The highest BCUT2D eigenvalue weighted by Crippen LogP contribution is 2.12. The minimum atomic E-state index is -0.155. The summed E-state index contributed by atoms with van der Waals surface area (Å²) < 4.78 is 0. The summed E-state index contributed by atoms with van der Waals surface area (Å²) in [6, 6.07) is 19.2. The molecule has 2 aromatic carbocycles. The fraction of sp³-hybridized carbons (Fsp3) is 0.143. The van der Waals surface area contributed by atoms with Crippen molar-refractivity contribution < 1.29 is 4.79 Å². The highest BCUT2D eigenvalue weighted by Gasteiger charge is 2.06. The number of nitrogens with zero attached hydrogens (tertiary/aromatic N) is 1. The lowest BCUT2D eigenvalue weighted by molar-refractivity contribution is 0.0950. The molecule has 0 atom stereocenters.